The van der Waals surface area contributed by atoms with Gasteiger partial charge in [0.2, 0.25) is 0 Å². The molecule has 0 amide bonds. The van der Waals surface area contributed by atoms with Gasteiger partial charge in [0, 0.05) is 18.6 Å². The molecule has 1 aliphatic heterocycles. The van der Waals surface area contributed by atoms with Crippen molar-refractivity contribution in [3.8, 4) is 0 Å². The van der Waals surface area contributed by atoms with Crippen molar-refractivity contribution in [2.24, 2.45) is 5.92 Å². The lowest BCUT2D eigenvalue weighted by Crippen LogP contribution is -2.45. The number of hydrogen-bond donors (Lipinski definition) is 1. The average Bonchev–Trinajstić information content (AvgIpc) is 2.24. The molecule has 0 aromatic heterocycles. The van der Waals surface area contributed by atoms with Crippen LogP contribution in [0.4, 0.5) is 13.2 Å². The van der Waals surface area contributed by atoms with E-state index in [0.717, 1.165) is 32.5 Å². The number of rotatable bonds is 5. The highest BCUT2D eigenvalue weighted by Gasteiger charge is 2.29. The lowest BCUT2D eigenvalue weighted by molar-refractivity contribution is -0.325. The van der Waals surface area contributed by atoms with Gasteiger partial charge in [0.15, 0.2) is 0 Å². The molecule has 0 radical (unpaired) electrons. The van der Waals surface area contributed by atoms with E-state index in [-0.39, 0.29) is 12.1 Å². The van der Waals surface area contributed by atoms with E-state index < -0.39 is 6.36 Å². The van der Waals surface area contributed by atoms with Crippen LogP contribution >= 0.6 is 0 Å². The van der Waals surface area contributed by atoms with Crippen molar-refractivity contribution in [3.05, 3.63) is 0 Å². The molecule has 0 aromatic carbocycles. The van der Waals surface area contributed by atoms with Crippen LogP contribution in [0.1, 0.15) is 33.6 Å². The van der Waals surface area contributed by atoms with Crippen LogP contribution in [-0.2, 0) is 4.74 Å². The quantitative estimate of drug-likeness (QED) is 0.839. The molecular formula is C13H25F3N2O. The van der Waals surface area contributed by atoms with E-state index in [0.29, 0.717) is 12.5 Å². The van der Waals surface area contributed by atoms with Gasteiger partial charge in [-0.2, -0.15) is 0 Å². The zero-order valence-electron chi connectivity index (χ0n) is 12.0. The van der Waals surface area contributed by atoms with E-state index in [1.165, 1.54) is 0 Å². The monoisotopic (exact) mass is 282 g/mol. The van der Waals surface area contributed by atoms with Gasteiger partial charge in [-0.05, 0) is 52.6 Å². The molecule has 0 aliphatic carbocycles. The van der Waals surface area contributed by atoms with E-state index in [4.69, 9.17) is 0 Å². The second-order valence-electron chi connectivity index (χ2n) is 6.23. The summed E-state index contributed by atoms with van der Waals surface area (Å²) in [6.07, 6.45) is -2.33. The maximum Gasteiger partial charge on any atom is 0.522 e. The zero-order valence-corrected chi connectivity index (χ0v) is 12.0. The number of piperidine rings is 1. The predicted octanol–water partition coefficient (Wildman–Crippen LogP) is 2.62. The van der Waals surface area contributed by atoms with Gasteiger partial charge in [-0.3, -0.25) is 4.74 Å². The Hall–Kier alpha value is -0.330. The number of hydrogen-bond acceptors (Lipinski definition) is 3. The minimum Gasteiger partial charge on any atom is -0.312 e. The normalized spacial score (nSPS) is 22.7. The SMILES string of the molecule is CC(C)(C)NCC1CCCN(CCOC(F)(F)F)C1. The van der Waals surface area contributed by atoms with Gasteiger partial charge in [0.05, 0.1) is 6.61 Å². The fraction of sp³-hybridized carbons (Fsp3) is 1.00. The Morgan fingerprint density at radius 3 is 2.53 bits per heavy atom. The summed E-state index contributed by atoms with van der Waals surface area (Å²) in [4.78, 5) is 2.06. The standard InChI is InChI=1S/C13H25F3N2O/c1-12(2,3)17-9-11-5-4-6-18(10-11)7-8-19-13(14,15)16/h11,17H,4-10H2,1-3H3. The van der Waals surface area contributed by atoms with E-state index in [9.17, 15) is 13.2 Å². The van der Waals surface area contributed by atoms with Crippen LogP contribution in [-0.4, -0.2) is 49.6 Å². The summed E-state index contributed by atoms with van der Waals surface area (Å²) >= 11 is 0. The highest BCUT2D eigenvalue weighted by Crippen LogP contribution is 2.18. The van der Waals surface area contributed by atoms with E-state index in [1.54, 1.807) is 0 Å². The number of halogens is 3. The second-order valence-corrected chi connectivity index (χ2v) is 6.23. The third-order valence-electron chi connectivity index (χ3n) is 3.20. The summed E-state index contributed by atoms with van der Waals surface area (Å²) in [5.41, 5.74) is 0.0850. The summed E-state index contributed by atoms with van der Waals surface area (Å²) in [6.45, 7) is 9.06. The molecule has 0 spiro atoms. The highest BCUT2D eigenvalue weighted by atomic mass is 19.4. The fourth-order valence-electron chi connectivity index (χ4n) is 2.26. The first kappa shape index (κ1) is 16.7. The van der Waals surface area contributed by atoms with Crippen molar-refractivity contribution >= 4 is 0 Å². The first-order valence-corrected chi connectivity index (χ1v) is 6.84. The molecule has 1 atom stereocenters. The van der Waals surface area contributed by atoms with Gasteiger partial charge in [-0.25, -0.2) is 0 Å². The molecule has 1 aliphatic rings. The number of likely N-dealkylation sites (tertiary alicyclic amines) is 1. The minimum absolute atomic E-state index is 0.0850. The van der Waals surface area contributed by atoms with Gasteiger partial charge in [0.1, 0.15) is 0 Å². The lowest BCUT2D eigenvalue weighted by atomic mass is 9.96. The van der Waals surface area contributed by atoms with Crippen molar-refractivity contribution in [2.75, 3.05) is 32.8 Å². The van der Waals surface area contributed by atoms with Crippen LogP contribution in [0.5, 0.6) is 0 Å². The minimum atomic E-state index is -4.51. The molecule has 0 bridgehead atoms. The Morgan fingerprint density at radius 1 is 1.26 bits per heavy atom. The molecule has 114 valence electrons. The van der Waals surface area contributed by atoms with Gasteiger partial charge in [0.25, 0.3) is 0 Å². The third kappa shape index (κ3) is 8.44. The van der Waals surface area contributed by atoms with Crippen LogP contribution in [0, 0.1) is 5.92 Å². The topological polar surface area (TPSA) is 24.5 Å². The van der Waals surface area contributed by atoms with Crippen LogP contribution in [0.25, 0.3) is 0 Å². The zero-order chi connectivity index (χ0) is 14.5. The molecule has 1 fully saturated rings. The van der Waals surface area contributed by atoms with Crippen molar-refractivity contribution in [1.29, 1.82) is 0 Å². The first-order chi connectivity index (χ1) is 8.66. The van der Waals surface area contributed by atoms with E-state index >= 15 is 0 Å². The van der Waals surface area contributed by atoms with E-state index in [2.05, 4.69) is 35.7 Å². The molecule has 1 rings (SSSR count). The molecule has 19 heavy (non-hydrogen) atoms. The summed E-state index contributed by atoms with van der Waals surface area (Å²) in [5.74, 6) is 0.513. The summed E-state index contributed by atoms with van der Waals surface area (Å²) in [5, 5.41) is 3.45. The lowest BCUT2D eigenvalue weighted by Gasteiger charge is -2.34. The highest BCUT2D eigenvalue weighted by molar-refractivity contribution is 4.78. The Morgan fingerprint density at radius 2 is 1.95 bits per heavy atom. The van der Waals surface area contributed by atoms with Crippen LogP contribution in [0.15, 0.2) is 0 Å². The molecule has 0 saturated carbocycles. The Labute approximate surface area is 113 Å². The molecule has 1 N–H and O–H groups in total. The van der Waals surface area contributed by atoms with E-state index in [1.807, 2.05) is 0 Å². The van der Waals surface area contributed by atoms with Gasteiger partial charge >= 0.3 is 6.36 Å². The largest absolute Gasteiger partial charge is 0.522 e. The first-order valence-electron chi connectivity index (χ1n) is 6.84. The third-order valence-corrected chi connectivity index (χ3v) is 3.20. The van der Waals surface area contributed by atoms with Crippen molar-refractivity contribution in [2.45, 2.75) is 45.5 Å². The summed E-state index contributed by atoms with van der Waals surface area (Å²) < 4.78 is 39.5. The van der Waals surface area contributed by atoms with Gasteiger partial charge < -0.3 is 10.2 Å². The van der Waals surface area contributed by atoms with Crippen molar-refractivity contribution in [3.63, 3.8) is 0 Å². The van der Waals surface area contributed by atoms with Gasteiger partial charge in [-0.1, -0.05) is 0 Å². The number of nitrogens with one attached hydrogen (secondary N) is 1. The fourth-order valence-corrected chi connectivity index (χ4v) is 2.26. The molecule has 3 nitrogen and oxygen atoms in total. The van der Waals surface area contributed by atoms with Crippen LogP contribution in [0.2, 0.25) is 0 Å². The molecule has 1 saturated heterocycles. The number of alkyl halides is 3. The molecular weight excluding hydrogens is 257 g/mol. The molecule has 6 heteroatoms. The maximum absolute atomic E-state index is 11.9. The van der Waals surface area contributed by atoms with Crippen LogP contribution < -0.4 is 5.32 Å². The predicted molar refractivity (Wildman–Crippen MR) is 68.9 cm³/mol. The maximum atomic E-state index is 11.9. The van der Waals surface area contributed by atoms with Crippen LogP contribution in [0.3, 0.4) is 0 Å². The average molecular weight is 282 g/mol. The number of ether oxygens (including phenoxy) is 1. The van der Waals surface area contributed by atoms with Gasteiger partial charge in [-0.15, -0.1) is 13.2 Å². The molecule has 1 unspecified atom stereocenters. The smallest absolute Gasteiger partial charge is 0.312 e. The number of nitrogens with zero attached hydrogens (tertiary/aromatic N) is 1. The van der Waals surface area contributed by atoms with Crippen molar-refractivity contribution in [1.82, 2.24) is 10.2 Å². The molecule has 0 aromatic rings. The Kier molecular flexibility index (Phi) is 6.08. The van der Waals surface area contributed by atoms with Crippen molar-refractivity contribution < 1.29 is 17.9 Å². The summed E-state index contributed by atoms with van der Waals surface area (Å²) in [6, 6.07) is 0. The second kappa shape index (κ2) is 6.90. The Balaban J connectivity index is 2.22. The Bertz CT molecular complexity index is 264. The molecule has 1 heterocycles. The summed E-state index contributed by atoms with van der Waals surface area (Å²) in [7, 11) is 0.